The number of hydrogen-bond donors (Lipinski definition) is 0. The highest BCUT2D eigenvalue weighted by Crippen LogP contribution is 2.24. The van der Waals surface area contributed by atoms with Crippen molar-refractivity contribution >= 4 is 27.6 Å². The van der Waals surface area contributed by atoms with Crippen LogP contribution in [0.3, 0.4) is 0 Å². The van der Waals surface area contributed by atoms with Crippen LogP contribution in [0.25, 0.3) is 0 Å². The number of nitrogens with zero attached hydrogens (tertiary/aromatic N) is 2. The first-order chi connectivity index (χ1) is 11.9. The van der Waals surface area contributed by atoms with Crippen molar-refractivity contribution < 1.29 is 22.8 Å². The van der Waals surface area contributed by atoms with E-state index in [4.69, 9.17) is 0 Å². The van der Waals surface area contributed by atoms with Crippen LogP contribution < -0.4 is 0 Å². The molecular weight excluding hydrogens is 344 g/mol. The summed E-state index contributed by atoms with van der Waals surface area (Å²) >= 11 is 0. The number of benzene rings is 1. The van der Waals surface area contributed by atoms with Crippen LogP contribution >= 0.6 is 0 Å². The van der Waals surface area contributed by atoms with Gasteiger partial charge < -0.3 is 4.90 Å². The molecule has 0 radical (unpaired) electrons. The van der Waals surface area contributed by atoms with Crippen molar-refractivity contribution in [1.29, 1.82) is 0 Å². The van der Waals surface area contributed by atoms with Crippen molar-refractivity contribution in [2.24, 2.45) is 0 Å². The molecule has 2 fully saturated rings. The predicted molar refractivity (Wildman–Crippen MR) is 89.2 cm³/mol. The van der Waals surface area contributed by atoms with Gasteiger partial charge in [-0.05, 0) is 25.0 Å². The first-order valence-corrected chi connectivity index (χ1v) is 9.84. The molecule has 7 nitrogen and oxygen atoms in total. The Balaban J connectivity index is 1.59. The van der Waals surface area contributed by atoms with Crippen molar-refractivity contribution in [2.75, 3.05) is 19.6 Å². The lowest BCUT2D eigenvalue weighted by atomic mass is 10.1. The van der Waals surface area contributed by atoms with E-state index in [1.807, 2.05) is 0 Å². The summed E-state index contributed by atoms with van der Waals surface area (Å²) in [6, 6.07) is 8.31. The molecule has 8 heteroatoms. The summed E-state index contributed by atoms with van der Waals surface area (Å²) < 4.78 is 25.3. The molecule has 1 aromatic carbocycles. The molecule has 3 amide bonds. The predicted octanol–water partition coefficient (Wildman–Crippen LogP) is 0.600. The van der Waals surface area contributed by atoms with Crippen LogP contribution in [0, 0.1) is 0 Å². The maximum Gasteiger partial charge on any atom is 0.242 e. The van der Waals surface area contributed by atoms with E-state index in [1.54, 1.807) is 30.3 Å². The molecule has 0 unspecified atom stereocenters. The normalized spacial score (nSPS) is 19.5. The molecule has 1 aromatic rings. The third kappa shape index (κ3) is 3.58. The van der Waals surface area contributed by atoms with Crippen molar-refractivity contribution in [3.63, 3.8) is 0 Å². The summed E-state index contributed by atoms with van der Waals surface area (Å²) in [5.41, 5.74) is 0. The summed E-state index contributed by atoms with van der Waals surface area (Å²) in [5.74, 6) is -0.945. The molecule has 0 saturated carbocycles. The van der Waals surface area contributed by atoms with E-state index in [0.29, 0.717) is 30.8 Å². The molecule has 0 aliphatic carbocycles. The molecule has 2 heterocycles. The van der Waals surface area contributed by atoms with Gasteiger partial charge >= 0.3 is 0 Å². The van der Waals surface area contributed by atoms with E-state index in [1.165, 1.54) is 4.90 Å². The third-order valence-electron chi connectivity index (χ3n) is 4.75. The molecule has 25 heavy (non-hydrogen) atoms. The van der Waals surface area contributed by atoms with Gasteiger partial charge in [0.15, 0.2) is 9.84 Å². The molecule has 0 bridgehead atoms. The van der Waals surface area contributed by atoms with Gasteiger partial charge in [0.1, 0.15) is 6.54 Å². The lowest BCUT2D eigenvalue weighted by Gasteiger charge is -2.32. The lowest BCUT2D eigenvalue weighted by Crippen LogP contribution is -2.47. The molecule has 2 aliphatic heterocycles. The van der Waals surface area contributed by atoms with Crippen LogP contribution in [-0.2, 0) is 24.2 Å². The number of sulfone groups is 1. The Kier molecular flexibility index (Phi) is 4.89. The number of carbonyl (C=O) groups excluding carboxylic acids is 3. The fourth-order valence-electron chi connectivity index (χ4n) is 3.25. The first-order valence-electron chi connectivity index (χ1n) is 8.29. The van der Waals surface area contributed by atoms with Crippen LogP contribution in [0.5, 0.6) is 0 Å². The number of likely N-dealkylation sites (tertiary alicyclic amines) is 2. The standard InChI is InChI=1S/C17H20N2O5S/c20-15-6-7-16(21)19(15)12-17(22)18-10-8-14(9-11-18)25(23,24)13-4-2-1-3-5-13/h1-5,14H,6-12H2. The van der Waals surface area contributed by atoms with Gasteiger partial charge in [-0.2, -0.15) is 0 Å². The molecule has 3 rings (SSSR count). The number of amides is 3. The summed E-state index contributed by atoms with van der Waals surface area (Å²) in [5, 5.41) is -0.519. The molecule has 134 valence electrons. The van der Waals surface area contributed by atoms with E-state index < -0.39 is 15.1 Å². The molecule has 0 N–H and O–H groups in total. The Morgan fingerprint density at radius 1 is 1.00 bits per heavy atom. The van der Waals surface area contributed by atoms with Gasteiger partial charge in [0, 0.05) is 25.9 Å². The van der Waals surface area contributed by atoms with Crippen LogP contribution in [0.1, 0.15) is 25.7 Å². The summed E-state index contributed by atoms with van der Waals surface area (Å²) in [7, 11) is -3.41. The molecule has 0 atom stereocenters. The minimum Gasteiger partial charge on any atom is -0.341 e. The van der Waals surface area contributed by atoms with Crippen LogP contribution in [-0.4, -0.2) is 60.8 Å². The summed E-state index contributed by atoms with van der Waals surface area (Å²) in [6.07, 6.45) is 1.02. The number of imide groups is 1. The number of carbonyl (C=O) groups is 3. The van der Waals surface area contributed by atoms with Crippen LogP contribution in [0.4, 0.5) is 0 Å². The average Bonchev–Trinajstić information content (AvgIpc) is 2.94. The highest BCUT2D eigenvalue weighted by Gasteiger charge is 2.35. The second-order valence-corrected chi connectivity index (χ2v) is 8.54. The van der Waals surface area contributed by atoms with Gasteiger partial charge in [-0.1, -0.05) is 18.2 Å². The fourth-order valence-corrected chi connectivity index (χ4v) is 5.01. The molecular formula is C17H20N2O5S. The Hall–Kier alpha value is -2.22. The highest BCUT2D eigenvalue weighted by molar-refractivity contribution is 7.92. The third-order valence-corrected chi connectivity index (χ3v) is 7.03. The van der Waals surface area contributed by atoms with Crippen molar-refractivity contribution in [3.8, 4) is 0 Å². The van der Waals surface area contributed by atoms with E-state index >= 15 is 0 Å². The monoisotopic (exact) mass is 364 g/mol. The fraction of sp³-hybridized carbons (Fsp3) is 0.471. The van der Waals surface area contributed by atoms with Gasteiger partial charge in [-0.3, -0.25) is 19.3 Å². The maximum atomic E-state index is 12.6. The largest absolute Gasteiger partial charge is 0.341 e. The lowest BCUT2D eigenvalue weighted by molar-refractivity contribution is -0.145. The van der Waals surface area contributed by atoms with Crippen molar-refractivity contribution in [2.45, 2.75) is 35.8 Å². The van der Waals surface area contributed by atoms with Gasteiger partial charge in [0.05, 0.1) is 10.1 Å². The second-order valence-electron chi connectivity index (χ2n) is 6.31. The van der Waals surface area contributed by atoms with E-state index in [0.717, 1.165) is 4.90 Å². The zero-order valence-corrected chi connectivity index (χ0v) is 14.6. The van der Waals surface area contributed by atoms with E-state index in [-0.39, 0.29) is 37.1 Å². The topological polar surface area (TPSA) is 91.8 Å². The van der Waals surface area contributed by atoms with Crippen molar-refractivity contribution in [3.05, 3.63) is 30.3 Å². The minimum atomic E-state index is -3.41. The Morgan fingerprint density at radius 3 is 2.12 bits per heavy atom. The molecule has 0 aromatic heterocycles. The number of hydrogen-bond acceptors (Lipinski definition) is 5. The number of piperidine rings is 1. The quantitative estimate of drug-likeness (QED) is 0.730. The average molecular weight is 364 g/mol. The van der Waals surface area contributed by atoms with Crippen molar-refractivity contribution in [1.82, 2.24) is 9.80 Å². The summed E-state index contributed by atoms with van der Waals surface area (Å²) in [4.78, 5) is 38.3. The second kappa shape index (κ2) is 6.95. The smallest absolute Gasteiger partial charge is 0.242 e. The Bertz CT molecular complexity index is 767. The Labute approximate surface area is 146 Å². The van der Waals surface area contributed by atoms with E-state index in [2.05, 4.69) is 0 Å². The molecule has 2 aliphatic rings. The molecule has 2 saturated heterocycles. The van der Waals surface area contributed by atoms with E-state index in [9.17, 15) is 22.8 Å². The Morgan fingerprint density at radius 2 is 1.56 bits per heavy atom. The van der Waals surface area contributed by atoms with Gasteiger partial charge in [-0.25, -0.2) is 8.42 Å². The van der Waals surface area contributed by atoms with Crippen LogP contribution in [0.2, 0.25) is 0 Å². The zero-order valence-electron chi connectivity index (χ0n) is 13.8. The summed E-state index contributed by atoms with van der Waals surface area (Å²) in [6.45, 7) is 0.380. The van der Waals surface area contributed by atoms with Gasteiger partial charge in [-0.15, -0.1) is 0 Å². The molecule has 0 spiro atoms. The number of rotatable bonds is 4. The highest BCUT2D eigenvalue weighted by atomic mass is 32.2. The zero-order chi connectivity index (χ0) is 18.0. The SMILES string of the molecule is O=C(CN1C(=O)CCC1=O)N1CCC(S(=O)(=O)c2ccccc2)CC1. The maximum absolute atomic E-state index is 12.6. The first kappa shape index (κ1) is 17.6. The van der Waals surface area contributed by atoms with Gasteiger partial charge in [0.25, 0.3) is 0 Å². The van der Waals surface area contributed by atoms with Gasteiger partial charge in [0.2, 0.25) is 17.7 Å². The van der Waals surface area contributed by atoms with Crippen LogP contribution in [0.15, 0.2) is 35.2 Å². The minimum absolute atomic E-state index is 0.156.